The number of aliphatic hydroxyl groups is 4. The van der Waals surface area contributed by atoms with Gasteiger partial charge in [-0.15, -0.1) is 0 Å². The van der Waals surface area contributed by atoms with Crippen molar-refractivity contribution in [2.45, 2.75) is 55.9 Å². The number of hydrogen-bond acceptors (Lipinski definition) is 7. The van der Waals surface area contributed by atoms with Gasteiger partial charge in [-0.05, 0) is 54.2 Å². The minimum atomic E-state index is -1.42. The second-order valence-corrected chi connectivity index (χ2v) is 8.75. The van der Waals surface area contributed by atoms with Crippen LogP contribution in [0.4, 0.5) is 0 Å². The third kappa shape index (κ3) is 5.61. The molecule has 0 amide bonds. The predicted molar refractivity (Wildman–Crippen MR) is 118 cm³/mol. The van der Waals surface area contributed by atoms with Gasteiger partial charge in [0, 0.05) is 5.02 Å². The number of aliphatic hydroxyl groups excluding tert-OH is 4. The smallest absolute Gasteiger partial charge is 0.119 e. The lowest BCUT2D eigenvalue weighted by molar-refractivity contribution is -0.231. The second kappa shape index (κ2) is 10.5. The number of rotatable bonds is 9. The molecular weight excluding hydrogens is 436 g/mol. The van der Waals surface area contributed by atoms with Gasteiger partial charge in [0.2, 0.25) is 0 Å². The molecule has 0 radical (unpaired) electrons. The summed E-state index contributed by atoms with van der Waals surface area (Å²) in [5, 5.41) is 40.5. The van der Waals surface area contributed by atoms with Crippen LogP contribution >= 0.6 is 11.6 Å². The Kier molecular flexibility index (Phi) is 7.68. The van der Waals surface area contributed by atoms with Crippen molar-refractivity contribution in [3.05, 3.63) is 64.2 Å². The lowest BCUT2D eigenvalue weighted by Gasteiger charge is -2.40. The van der Waals surface area contributed by atoms with Crippen LogP contribution in [0.25, 0.3) is 0 Å². The zero-order valence-corrected chi connectivity index (χ0v) is 18.4. The summed E-state index contributed by atoms with van der Waals surface area (Å²) in [6, 6.07) is 13.0. The number of hydrogen-bond donors (Lipinski definition) is 4. The molecule has 0 aromatic heterocycles. The molecule has 1 aliphatic carbocycles. The molecule has 1 aliphatic heterocycles. The minimum absolute atomic E-state index is 0.421. The van der Waals surface area contributed by atoms with E-state index < -0.39 is 37.1 Å². The molecular formula is C24H29ClO7. The van der Waals surface area contributed by atoms with E-state index >= 15 is 0 Å². The van der Waals surface area contributed by atoms with Gasteiger partial charge < -0.3 is 34.6 Å². The van der Waals surface area contributed by atoms with Crippen LogP contribution in [0.1, 0.15) is 35.6 Å². The van der Waals surface area contributed by atoms with E-state index in [1.807, 2.05) is 30.3 Å². The maximum absolute atomic E-state index is 10.4. The molecule has 5 atom stereocenters. The van der Waals surface area contributed by atoms with Gasteiger partial charge in [-0.25, -0.2) is 0 Å². The van der Waals surface area contributed by atoms with Gasteiger partial charge in [0.1, 0.15) is 42.9 Å². The molecule has 2 aromatic rings. The van der Waals surface area contributed by atoms with Crippen molar-refractivity contribution < 1.29 is 34.6 Å². The Morgan fingerprint density at radius 2 is 1.69 bits per heavy atom. The summed E-state index contributed by atoms with van der Waals surface area (Å²) >= 11 is 6.40. The summed E-state index contributed by atoms with van der Waals surface area (Å²) in [6.45, 7) is 0.638. The van der Waals surface area contributed by atoms with Gasteiger partial charge in [0.05, 0.1) is 19.3 Å². The predicted octanol–water partition coefficient (Wildman–Crippen LogP) is 2.00. The minimum Gasteiger partial charge on any atom is -0.491 e. The van der Waals surface area contributed by atoms with Crippen molar-refractivity contribution in [1.29, 1.82) is 0 Å². The zero-order valence-electron chi connectivity index (χ0n) is 17.6. The van der Waals surface area contributed by atoms with Crippen molar-refractivity contribution >= 4 is 11.6 Å². The van der Waals surface area contributed by atoms with Crippen LogP contribution in [-0.4, -0.2) is 70.8 Å². The summed E-state index contributed by atoms with van der Waals surface area (Å²) in [7, 11) is 0. The monoisotopic (exact) mass is 464 g/mol. The molecule has 0 unspecified atom stereocenters. The molecule has 7 nitrogen and oxygen atoms in total. The molecule has 1 heterocycles. The third-order valence-electron chi connectivity index (χ3n) is 5.84. The molecule has 32 heavy (non-hydrogen) atoms. The van der Waals surface area contributed by atoms with Crippen LogP contribution in [0.3, 0.4) is 0 Å². The first-order chi connectivity index (χ1) is 15.5. The standard InChI is InChI=1S/C24H29ClO7/c25-19-8-3-15(24-23(29)22(28)21(27)20(13-26)32-24)12-16(19)11-14-1-4-17(5-2-14)30-9-10-31-18-6-7-18/h1-5,8,12,18,20-24,26-29H,6-7,9-11,13H2/t20-,21-,22+,23+,24+/m1/s1. The van der Waals surface area contributed by atoms with Crippen LogP contribution in [0, 0.1) is 0 Å². The fraction of sp³-hybridized carbons (Fsp3) is 0.500. The van der Waals surface area contributed by atoms with Gasteiger partial charge in [-0.2, -0.15) is 0 Å². The Hall–Kier alpha value is -1.71. The Balaban J connectivity index is 1.41. The van der Waals surface area contributed by atoms with Crippen molar-refractivity contribution in [3.63, 3.8) is 0 Å². The van der Waals surface area contributed by atoms with Gasteiger partial charge in [0.25, 0.3) is 0 Å². The lowest BCUT2D eigenvalue weighted by atomic mass is 9.90. The van der Waals surface area contributed by atoms with E-state index in [0.29, 0.717) is 36.3 Å². The highest BCUT2D eigenvalue weighted by Crippen LogP contribution is 2.34. The first kappa shape index (κ1) is 23.4. The normalized spacial score (nSPS) is 28.0. The number of halogens is 1. The Labute approximate surface area is 192 Å². The first-order valence-corrected chi connectivity index (χ1v) is 11.3. The van der Waals surface area contributed by atoms with Gasteiger partial charge in [0.15, 0.2) is 0 Å². The molecule has 1 saturated carbocycles. The highest BCUT2D eigenvalue weighted by atomic mass is 35.5. The van der Waals surface area contributed by atoms with Crippen molar-refractivity contribution in [1.82, 2.24) is 0 Å². The van der Waals surface area contributed by atoms with E-state index in [4.69, 9.17) is 25.8 Å². The van der Waals surface area contributed by atoms with Gasteiger partial charge in [-0.3, -0.25) is 0 Å². The third-order valence-corrected chi connectivity index (χ3v) is 6.21. The quantitative estimate of drug-likeness (QED) is 0.420. The van der Waals surface area contributed by atoms with Crippen LogP contribution in [0.2, 0.25) is 5.02 Å². The Morgan fingerprint density at radius 3 is 2.38 bits per heavy atom. The van der Waals surface area contributed by atoms with E-state index in [1.165, 1.54) is 0 Å². The van der Waals surface area contributed by atoms with Crippen LogP contribution in [-0.2, 0) is 15.9 Å². The topological polar surface area (TPSA) is 109 Å². The van der Waals surface area contributed by atoms with E-state index in [0.717, 1.165) is 29.7 Å². The zero-order chi connectivity index (χ0) is 22.7. The van der Waals surface area contributed by atoms with Gasteiger partial charge >= 0.3 is 0 Å². The summed E-state index contributed by atoms with van der Waals surface area (Å²) < 4.78 is 16.9. The molecule has 0 bridgehead atoms. The fourth-order valence-electron chi connectivity index (χ4n) is 3.82. The van der Waals surface area contributed by atoms with E-state index in [2.05, 4.69) is 0 Å². The van der Waals surface area contributed by atoms with Crippen molar-refractivity contribution in [3.8, 4) is 5.75 Å². The summed E-state index contributed by atoms with van der Waals surface area (Å²) in [6.07, 6.45) is -2.73. The van der Waals surface area contributed by atoms with Crippen LogP contribution in [0.15, 0.2) is 42.5 Å². The van der Waals surface area contributed by atoms with E-state index in [9.17, 15) is 20.4 Å². The molecule has 4 N–H and O–H groups in total. The molecule has 174 valence electrons. The van der Waals surface area contributed by atoms with Crippen LogP contribution < -0.4 is 4.74 Å². The number of ether oxygens (including phenoxy) is 3. The summed E-state index contributed by atoms with van der Waals surface area (Å²) in [5.41, 5.74) is 2.46. The Bertz CT molecular complexity index is 884. The summed E-state index contributed by atoms with van der Waals surface area (Å²) in [4.78, 5) is 0. The molecule has 2 aromatic carbocycles. The average molecular weight is 465 g/mol. The highest BCUT2D eigenvalue weighted by molar-refractivity contribution is 6.31. The second-order valence-electron chi connectivity index (χ2n) is 8.34. The molecule has 0 spiro atoms. The molecule has 2 fully saturated rings. The SMILES string of the molecule is OC[C@H]1O[C@@H](c2ccc(Cl)c(Cc3ccc(OCCOC4CC4)cc3)c2)[C@@H](O)[C@@H](O)[C@@H]1O. The molecule has 1 saturated heterocycles. The van der Waals surface area contributed by atoms with Gasteiger partial charge in [-0.1, -0.05) is 35.9 Å². The average Bonchev–Trinajstić information content (AvgIpc) is 3.63. The van der Waals surface area contributed by atoms with Crippen molar-refractivity contribution in [2.75, 3.05) is 19.8 Å². The molecule has 2 aliphatic rings. The maximum Gasteiger partial charge on any atom is 0.119 e. The summed E-state index contributed by atoms with van der Waals surface area (Å²) in [5.74, 6) is 0.773. The van der Waals surface area contributed by atoms with Crippen LogP contribution in [0.5, 0.6) is 5.75 Å². The molecule has 8 heteroatoms. The maximum atomic E-state index is 10.4. The van der Waals surface area contributed by atoms with Crippen molar-refractivity contribution in [2.24, 2.45) is 0 Å². The largest absolute Gasteiger partial charge is 0.491 e. The lowest BCUT2D eigenvalue weighted by Crippen LogP contribution is -2.55. The first-order valence-electron chi connectivity index (χ1n) is 10.9. The Morgan fingerprint density at radius 1 is 0.938 bits per heavy atom. The number of benzene rings is 2. The van der Waals surface area contributed by atoms with E-state index in [-0.39, 0.29) is 0 Å². The molecule has 4 rings (SSSR count). The van der Waals surface area contributed by atoms with E-state index in [1.54, 1.807) is 12.1 Å². The fourth-order valence-corrected chi connectivity index (χ4v) is 4.00. The highest BCUT2D eigenvalue weighted by Gasteiger charge is 2.44.